The highest BCUT2D eigenvalue weighted by molar-refractivity contribution is 7.89. The molecule has 1 aromatic heterocycles. The van der Waals surface area contributed by atoms with Crippen molar-refractivity contribution in [3.63, 3.8) is 0 Å². The summed E-state index contributed by atoms with van der Waals surface area (Å²) in [5.41, 5.74) is 0. The molecule has 3 heterocycles. The molecule has 0 unspecified atom stereocenters. The van der Waals surface area contributed by atoms with Crippen molar-refractivity contribution in [2.45, 2.75) is 30.6 Å². The van der Waals surface area contributed by atoms with Gasteiger partial charge in [0.15, 0.2) is 0 Å². The molecule has 2 aliphatic rings. The van der Waals surface area contributed by atoms with Gasteiger partial charge in [0.1, 0.15) is 4.90 Å². The maximum absolute atomic E-state index is 12.5. The van der Waals surface area contributed by atoms with Crippen LogP contribution in [0.15, 0.2) is 29.4 Å². The fraction of sp³-hybridized carbons (Fsp3) is 0.600. The zero-order valence-electron chi connectivity index (χ0n) is 12.5. The number of rotatable bonds is 3. The lowest BCUT2D eigenvalue weighted by Gasteiger charge is -2.32. The first-order valence-corrected chi connectivity index (χ1v) is 9.22. The number of hydrogen-bond acceptors (Lipinski definition) is 4. The Balaban J connectivity index is 1.63. The van der Waals surface area contributed by atoms with Gasteiger partial charge >= 0.3 is 0 Å². The summed E-state index contributed by atoms with van der Waals surface area (Å²) in [5.74, 6) is 0.175. The molecule has 0 N–H and O–H groups in total. The van der Waals surface area contributed by atoms with Gasteiger partial charge in [0.2, 0.25) is 15.9 Å². The summed E-state index contributed by atoms with van der Waals surface area (Å²) in [5, 5.41) is 0. The second-order valence-electron chi connectivity index (χ2n) is 5.90. The molecule has 7 heteroatoms. The molecule has 2 fully saturated rings. The summed E-state index contributed by atoms with van der Waals surface area (Å²) in [4.78, 5) is 18.4. The van der Waals surface area contributed by atoms with Gasteiger partial charge in [0.05, 0.1) is 0 Å². The number of carbonyl (C=O) groups excluding carboxylic acids is 1. The molecular weight excluding hydrogens is 302 g/mol. The van der Waals surface area contributed by atoms with E-state index in [1.807, 2.05) is 4.90 Å². The summed E-state index contributed by atoms with van der Waals surface area (Å²) in [7, 11) is -3.48. The monoisotopic (exact) mass is 323 g/mol. The van der Waals surface area contributed by atoms with Crippen molar-refractivity contribution in [1.29, 1.82) is 0 Å². The first kappa shape index (κ1) is 15.4. The van der Waals surface area contributed by atoms with Gasteiger partial charge in [0.25, 0.3) is 0 Å². The van der Waals surface area contributed by atoms with E-state index in [1.165, 1.54) is 10.5 Å². The standard InChI is InChI=1S/C15H21N3O3S/c19-15(17-8-1-2-9-17)13-5-10-18(11-6-13)22(20,21)14-4-3-7-16-12-14/h3-4,7,12-13H,1-2,5-6,8-11H2. The Morgan fingerprint density at radius 1 is 1.14 bits per heavy atom. The quantitative estimate of drug-likeness (QED) is 0.835. The van der Waals surface area contributed by atoms with Crippen LogP contribution < -0.4 is 0 Å². The van der Waals surface area contributed by atoms with Crippen LogP contribution in [-0.4, -0.2) is 54.7 Å². The van der Waals surface area contributed by atoms with Crippen LogP contribution in [0.3, 0.4) is 0 Å². The third-order valence-electron chi connectivity index (χ3n) is 4.49. The number of piperidine rings is 1. The minimum absolute atomic E-state index is 0.0292. The first-order valence-electron chi connectivity index (χ1n) is 7.78. The average Bonchev–Trinajstić information content (AvgIpc) is 3.09. The molecule has 6 nitrogen and oxygen atoms in total. The number of aromatic nitrogens is 1. The molecule has 3 rings (SSSR count). The van der Waals surface area contributed by atoms with Crippen molar-refractivity contribution in [2.24, 2.45) is 5.92 Å². The van der Waals surface area contributed by atoms with Crippen molar-refractivity contribution in [3.05, 3.63) is 24.5 Å². The Morgan fingerprint density at radius 2 is 1.82 bits per heavy atom. The number of sulfonamides is 1. The van der Waals surface area contributed by atoms with Crippen LogP contribution in [0.2, 0.25) is 0 Å². The number of nitrogens with zero attached hydrogens (tertiary/aromatic N) is 3. The van der Waals surface area contributed by atoms with Crippen LogP contribution in [0.25, 0.3) is 0 Å². The Morgan fingerprint density at radius 3 is 2.41 bits per heavy atom. The van der Waals surface area contributed by atoms with E-state index in [1.54, 1.807) is 18.3 Å². The van der Waals surface area contributed by atoms with Crippen LogP contribution in [-0.2, 0) is 14.8 Å². The normalized spacial score (nSPS) is 21.2. The predicted octanol–water partition coefficient (Wildman–Crippen LogP) is 1.10. The van der Waals surface area contributed by atoms with E-state index in [0.29, 0.717) is 25.9 Å². The van der Waals surface area contributed by atoms with Crippen molar-refractivity contribution >= 4 is 15.9 Å². The van der Waals surface area contributed by atoms with Crippen molar-refractivity contribution in [1.82, 2.24) is 14.2 Å². The Kier molecular flexibility index (Phi) is 4.44. The molecule has 0 radical (unpaired) electrons. The van der Waals surface area contributed by atoms with E-state index < -0.39 is 10.0 Å². The summed E-state index contributed by atoms with van der Waals surface area (Å²) < 4.78 is 26.5. The molecule has 2 saturated heterocycles. The summed E-state index contributed by atoms with van der Waals surface area (Å²) in [6, 6.07) is 3.18. The second kappa shape index (κ2) is 6.34. The second-order valence-corrected chi connectivity index (χ2v) is 7.84. The fourth-order valence-electron chi connectivity index (χ4n) is 3.19. The maximum Gasteiger partial charge on any atom is 0.244 e. The van der Waals surface area contributed by atoms with Gasteiger partial charge in [-0.15, -0.1) is 0 Å². The van der Waals surface area contributed by atoms with E-state index >= 15 is 0 Å². The molecule has 2 aliphatic heterocycles. The van der Waals surface area contributed by atoms with E-state index in [9.17, 15) is 13.2 Å². The molecule has 22 heavy (non-hydrogen) atoms. The van der Waals surface area contributed by atoms with E-state index in [-0.39, 0.29) is 16.7 Å². The smallest absolute Gasteiger partial charge is 0.244 e. The van der Waals surface area contributed by atoms with Crippen LogP contribution >= 0.6 is 0 Å². The van der Waals surface area contributed by atoms with Crippen LogP contribution in [0.4, 0.5) is 0 Å². The molecule has 1 amide bonds. The van der Waals surface area contributed by atoms with Crippen LogP contribution in [0.5, 0.6) is 0 Å². The zero-order chi connectivity index (χ0) is 15.6. The molecule has 0 spiro atoms. The minimum Gasteiger partial charge on any atom is -0.342 e. The highest BCUT2D eigenvalue weighted by Crippen LogP contribution is 2.25. The van der Waals surface area contributed by atoms with Gasteiger partial charge in [0, 0.05) is 44.5 Å². The highest BCUT2D eigenvalue weighted by Gasteiger charge is 2.34. The molecule has 0 saturated carbocycles. The lowest BCUT2D eigenvalue weighted by Crippen LogP contribution is -2.43. The summed E-state index contributed by atoms with van der Waals surface area (Å²) in [6.45, 7) is 2.52. The van der Waals surface area contributed by atoms with Gasteiger partial charge in [-0.1, -0.05) is 0 Å². The molecule has 0 atom stereocenters. The lowest BCUT2D eigenvalue weighted by molar-refractivity contribution is -0.135. The van der Waals surface area contributed by atoms with Crippen LogP contribution in [0.1, 0.15) is 25.7 Å². The van der Waals surface area contributed by atoms with Gasteiger partial charge in [-0.05, 0) is 37.8 Å². The molecule has 0 aliphatic carbocycles. The summed E-state index contributed by atoms with van der Waals surface area (Å²) >= 11 is 0. The van der Waals surface area contributed by atoms with Gasteiger partial charge in [-0.2, -0.15) is 4.31 Å². The topological polar surface area (TPSA) is 70.6 Å². The SMILES string of the molecule is O=C(C1CCN(S(=O)(=O)c2cccnc2)CC1)N1CCCC1. The molecule has 1 aromatic rings. The Labute approximate surface area is 131 Å². The first-order chi connectivity index (χ1) is 10.6. The number of carbonyl (C=O) groups is 1. The predicted molar refractivity (Wildman–Crippen MR) is 81.5 cm³/mol. The van der Waals surface area contributed by atoms with Crippen molar-refractivity contribution < 1.29 is 13.2 Å². The fourth-order valence-corrected chi connectivity index (χ4v) is 4.62. The molecule has 120 valence electrons. The highest BCUT2D eigenvalue weighted by atomic mass is 32.2. The number of pyridine rings is 1. The third kappa shape index (κ3) is 3.01. The Bertz CT molecular complexity index is 619. The van der Waals surface area contributed by atoms with Crippen molar-refractivity contribution in [2.75, 3.05) is 26.2 Å². The van der Waals surface area contributed by atoms with Gasteiger partial charge in [-0.25, -0.2) is 8.42 Å². The van der Waals surface area contributed by atoms with E-state index in [4.69, 9.17) is 0 Å². The minimum atomic E-state index is -3.48. The maximum atomic E-state index is 12.5. The van der Waals surface area contributed by atoms with E-state index in [0.717, 1.165) is 25.9 Å². The van der Waals surface area contributed by atoms with Crippen molar-refractivity contribution in [3.8, 4) is 0 Å². The number of amides is 1. The molecular formula is C15H21N3O3S. The van der Waals surface area contributed by atoms with Crippen LogP contribution in [0, 0.1) is 5.92 Å². The average molecular weight is 323 g/mol. The Hall–Kier alpha value is -1.47. The third-order valence-corrected chi connectivity index (χ3v) is 6.38. The molecule has 0 bridgehead atoms. The largest absolute Gasteiger partial charge is 0.342 e. The zero-order valence-corrected chi connectivity index (χ0v) is 13.3. The molecule has 0 aromatic carbocycles. The van der Waals surface area contributed by atoms with Gasteiger partial charge < -0.3 is 4.90 Å². The van der Waals surface area contributed by atoms with E-state index in [2.05, 4.69) is 4.98 Å². The number of hydrogen-bond donors (Lipinski definition) is 0. The summed E-state index contributed by atoms with van der Waals surface area (Å²) in [6.07, 6.45) is 6.31. The number of likely N-dealkylation sites (tertiary alicyclic amines) is 1. The lowest BCUT2D eigenvalue weighted by atomic mass is 9.97. The van der Waals surface area contributed by atoms with Gasteiger partial charge in [-0.3, -0.25) is 9.78 Å².